The van der Waals surface area contributed by atoms with E-state index in [0.717, 1.165) is 29.9 Å². The number of benzene rings is 1. The van der Waals surface area contributed by atoms with Gasteiger partial charge in [-0.1, -0.05) is 26.8 Å². The van der Waals surface area contributed by atoms with Gasteiger partial charge in [0.15, 0.2) is 0 Å². The quantitative estimate of drug-likeness (QED) is 0.268. The Morgan fingerprint density at radius 1 is 0.822 bits per heavy atom. The minimum atomic E-state index is -4.09. The van der Waals surface area contributed by atoms with E-state index in [2.05, 4.69) is 26.1 Å². The second-order valence-corrected chi connectivity index (χ2v) is 18.1. The Balaban J connectivity index is 1.88. The van der Waals surface area contributed by atoms with E-state index in [1.54, 1.807) is 69.2 Å². The molecule has 1 heterocycles. The number of carbonyl (C=O) groups is 1. The number of pyridine rings is 1. The minimum Gasteiger partial charge on any atom is -0.490 e. The van der Waals surface area contributed by atoms with Crippen LogP contribution in [0.2, 0.25) is 0 Å². The van der Waals surface area contributed by atoms with Crippen LogP contribution in [0, 0.1) is 11.3 Å². The third kappa shape index (κ3) is 11.8. The summed E-state index contributed by atoms with van der Waals surface area (Å²) in [5, 5.41) is 3.80. The molecule has 45 heavy (non-hydrogen) atoms. The van der Waals surface area contributed by atoms with Crippen LogP contribution < -0.4 is 10.1 Å². The predicted molar refractivity (Wildman–Crippen MR) is 180 cm³/mol. The lowest BCUT2D eigenvalue weighted by Gasteiger charge is -2.37. The second kappa shape index (κ2) is 13.5. The molecule has 3 rings (SSSR count). The van der Waals surface area contributed by atoms with Gasteiger partial charge in [0, 0.05) is 5.39 Å². The zero-order chi connectivity index (χ0) is 34.1. The first-order valence-electron chi connectivity index (χ1n) is 16.1. The van der Waals surface area contributed by atoms with E-state index in [1.165, 1.54) is 12.8 Å². The van der Waals surface area contributed by atoms with Crippen LogP contribution >= 0.6 is 7.82 Å². The van der Waals surface area contributed by atoms with Crippen LogP contribution in [0.1, 0.15) is 121 Å². The third-order valence-corrected chi connectivity index (χ3v) is 9.48. The highest BCUT2D eigenvalue weighted by molar-refractivity contribution is 7.48. The summed E-state index contributed by atoms with van der Waals surface area (Å²) in [5.74, 6) is 1.53. The van der Waals surface area contributed by atoms with Crippen LogP contribution in [-0.2, 0) is 28.4 Å². The Hall–Kier alpha value is -2.19. The maximum absolute atomic E-state index is 13.9. The molecule has 10 heteroatoms. The predicted octanol–water partition coefficient (Wildman–Crippen LogP) is 9.71. The van der Waals surface area contributed by atoms with Crippen molar-refractivity contribution >= 4 is 24.8 Å². The van der Waals surface area contributed by atoms with E-state index in [-0.39, 0.29) is 12.7 Å². The summed E-state index contributed by atoms with van der Waals surface area (Å²) in [7, 11) is -4.09. The molecule has 1 aliphatic rings. The Labute approximate surface area is 271 Å². The van der Waals surface area contributed by atoms with Gasteiger partial charge >= 0.3 is 13.9 Å². The minimum absolute atomic E-state index is 0.202. The van der Waals surface area contributed by atoms with E-state index >= 15 is 0 Å². The summed E-state index contributed by atoms with van der Waals surface area (Å²) >= 11 is 0. The van der Waals surface area contributed by atoms with E-state index < -0.39 is 36.3 Å². The van der Waals surface area contributed by atoms with Gasteiger partial charge < -0.3 is 14.8 Å². The average molecular weight is 649 g/mol. The molecule has 1 unspecified atom stereocenters. The summed E-state index contributed by atoms with van der Waals surface area (Å²) in [6.07, 6.45) is 3.98. The fourth-order valence-corrected chi connectivity index (χ4v) is 7.28. The normalized spacial score (nSPS) is 20.0. The van der Waals surface area contributed by atoms with Gasteiger partial charge in [0.1, 0.15) is 16.9 Å². The summed E-state index contributed by atoms with van der Waals surface area (Å²) in [6, 6.07) is 9.61. The van der Waals surface area contributed by atoms with Crippen LogP contribution in [0.4, 0.5) is 4.79 Å². The van der Waals surface area contributed by atoms with Crippen molar-refractivity contribution in [2.45, 2.75) is 144 Å². The summed E-state index contributed by atoms with van der Waals surface area (Å²) in [5.41, 5.74) is -2.08. The molecule has 0 spiro atoms. The lowest BCUT2D eigenvalue weighted by molar-refractivity contribution is -0.00741. The number of phosphoric ester groups is 1. The van der Waals surface area contributed by atoms with Gasteiger partial charge in [-0.3, -0.25) is 18.6 Å². The summed E-state index contributed by atoms with van der Waals surface area (Å²) in [6.45, 7) is 24.4. The first kappa shape index (κ1) is 37.3. The second-order valence-electron chi connectivity index (χ2n) is 16.6. The number of alkyl carbamates (subject to hydrolysis) is 1. The average Bonchev–Trinajstić information content (AvgIpc) is 2.83. The largest absolute Gasteiger partial charge is 0.490 e. The van der Waals surface area contributed by atoms with Gasteiger partial charge in [-0.05, 0) is 131 Å². The fraction of sp³-hybridized carbons (Fsp3) is 0.714. The van der Waals surface area contributed by atoms with Gasteiger partial charge in [-0.25, -0.2) is 9.36 Å². The van der Waals surface area contributed by atoms with Crippen LogP contribution in [0.3, 0.4) is 0 Å². The summed E-state index contributed by atoms with van der Waals surface area (Å²) in [4.78, 5) is 17.9. The van der Waals surface area contributed by atoms with Crippen LogP contribution in [0.5, 0.6) is 5.75 Å². The van der Waals surface area contributed by atoms with Crippen molar-refractivity contribution in [1.29, 1.82) is 0 Å². The van der Waals surface area contributed by atoms with Crippen LogP contribution in [-0.4, -0.2) is 40.6 Å². The Kier molecular flexibility index (Phi) is 11.2. The number of phosphoric acid groups is 1. The topological polar surface area (TPSA) is 105 Å². The molecule has 1 N–H and O–H groups in total. The molecule has 1 saturated carbocycles. The number of amides is 1. The highest BCUT2D eigenvalue weighted by Gasteiger charge is 2.42. The highest BCUT2D eigenvalue weighted by atomic mass is 31.2. The maximum Gasteiger partial charge on any atom is 0.475 e. The monoisotopic (exact) mass is 648 g/mol. The Bertz CT molecular complexity index is 1340. The van der Waals surface area contributed by atoms with Crippen molar-refractivity contribution in [3.63, 3.8) is 0 Å². The van der Waals surface area contributed by atoms with E-state index in [9.17, 15) is 9.36 Å². The van der Waals surface area contributed by atoms with Crippen molar-refractivity contribution in [1.82, 2.24) is 10.3 Å². The molecule has 1 fully saturated rings. The van der Waals surface area contributed by atoms with E-state index in [0.29, 0.717) is 16.6 Å². The van der Waals surface area contributed by atoms with Gasteiger partial charge in [-0.15, -0.1) is 0 Å². The number of hydrogen-bond acceptors (Lipinski definition) is 8. The number of nitrogens with zero attached hydrogens (tertiary/aromatic N) is 1. The number of ether oxygens (including phenoxy) is 2. The van der Waals surface area contributed by atoms with Crippen molar-refractivity contribution < 1.29 is 32.4 Å². The Morgan fingerprint density at radius 3 is 1.91 bits per heavy atom. The number of hydrogen-bond donors (Lipinski definition) is 1. The summed E-state index contributed by atoms with van der Waals surface area (Å²) < 4.78 is 43.4. The van der Waals surface area contributed by atoms with Crippen molar-refractivity contribution in [2.24, 2.45) is 11.3 Å². The molecule has 0 radical (unpaired) electrons. The number of rotatable bonds is 9. The highest BCUT2D eigenvalue weighted by Crippen LogP contribution is 2.56. The van der Waals surface area contributed by atoms with Crippen molar-refractivity contribution in [3.05, 3.63) is 36.0 Å². The maximum atomic E-state index is 13.9. The van der Waals surface area contributed by atoms with Gasteiger partial charge in [0.2, 0.25) is 0 Å². The molecular formula is C35H57N2O7P. The molecule has 9 nitrogen and oxygen atoms in total. The van der Waals surface area contributed by atoms with Gasteiger partial charge in [0.25, 0.3) is 0 Å². The molecule has 1 atom stereocenters. The van der Waals surface area contributed by atoms with E-state index in [4.69, 9.17) is 28.0 Å². The molecule has 1 aliphatic carbocycles. The lowest BCUT2D eigenvalue weighted by Crippen LogP contribution is -2.49. The smallest absolute Gasteiger partial charge is 0.475 e. The third-order valence-electron chi connectivity index (χ3n) is 7.49. The van der Waals surface area contributed by atoms with Gasteiger partial charge in [-0.2, -0.15) is 0 Å². The number of fused-ring (bicyclic) bond motifs is 1. The fourth-order valence-electron chi connectivity index (χ4n) is 5.38. The SMILES string of the molecule is CC(C)(C)OC(=O)NC(C)(COP(=O)(OC(C)(C)C)OC(C)(C)C)c1ccc2cc(OC3CCC(C(C)(C)C)CC3)ccc2n1. The molecule has 254 valence electrons. The molecule has 0 saturated heterocycles. The molecule has 1 amide bonds. The molecule has 0 aliphatic heterocycles. The van der Waals surface area contributed by atoms with Crippen LogP contribution in [0.15, 0.2) is 30.3 Å². The number of nitrogens with one attached hydrogen (secondary N) is 1. The number of aromatic nitrogens is 1. The lowest BCUT2D eigenvalue weighted by atomic mass is 9.72. The number of carbonyl (C=O) groups excluding carboxylic acids is 1. The zero-order valence-electron chi connectivity index (χ0n) is 29.8. The van der Waals surface area contributed by atoms with Crippen LogP contribution in [0.25, 0.3) is 10.9 Å². The first-order valence-corrected chi connectivity index (χ1v) is 17.6. The zero-order valence-corrected chi connectivity index (χ0v) is 30.7. The molecule has 1 aromatic carbocycles. The standard InChI is InChI=1S/C35H57N2O7P/c1-31(2,3)25-15-17-26(18-16-25)41-27-19-20-28-24(22-27)14-21-29(36-28)35(13,37-30(38)42-32(4,5)6)23-40-45(39,43-33(7,8)9)44-34(10,11)12/h14,19-22,25-26H,15-18,23H2,1-13H3,(H,37,38). The molecule has 1 aromatic heterocycles. The van der Waals surface area contributed by atoms with Crippen molar-refractivity contribution in [2.75, 3.05) is 6.61 Å². The first-order chi connectivity index (χ1) is 20.3. The van der Waals surface area contributed by atoms with Crippen molar-refractivity contribution in [3.8, 4) is 5.75 Å². The Morgan fingerprint density at radius 2 is 1.40 bits per heavy atom. The van der Waals surface area contributed by atoms with E-state index in [1.807, 2.05) is 30.3 Å². The molecular weight excluding hydrogens is 591 g/mol. The molecule has 0 bridgehead atoms. The molecule has 2 aromatic rings. The van der Waals surface area contributed by atoms with Gasteiger partial charge in [0.05, 0.1) is 35.1 Å².